The maximum atomic E-state index is 13.2. The van der Waals surface area contributed by atoms with Crippen LogP contribution in [0.4, 0.5) is 17.6 Å². The monoisotopic (exact) mass is 282 g/mol. The fourth-order valence-corrected chi connectivity index (χ4v) is 1.87. The lowest BCUT2D eigenvalue weighted by Crippen LogP contribution is -2.06. The van der Waals surface area contributed by atoms with Gasteiger partial charge >= 0.3 is 6.18 Å². The van der Waals surface area contributed by atoms with Gasteiger partial charge in [-0.05, 0) is 28.1 Å². The summed E-state index contributed by atoms with van der Waals surface area (Å²) >= 11 is 2.68. The zero-order valence-electron chi connectivity index (χ0n) is 7.02. The fourth-order valence-electron chi connectivity index (χ4n) is 1.20. The Hall–Kier alpha value is -1.11. The molecule has 0 unspecified atom stereocenters. The molecule has 0 N–H and O–H groups in total. The Kier molecular flexibility index (Phi) is 2.22. The second kappa shape index (κ2) is 3.19. The third-order valence-corrected chi connectivity index (χ3v) is 2.54. The highest BCUT2D eigenvalue weighted by atomic mass is 79.9. The first-order valence-corrected chi connectivity index (χ1v) is 4.60. The molecule has 0 aliphatic rings. The van der Waals surface area contributed by atoms with Crippen molar-refractivity contribution in [1.82, 2.24) is 9.38 Å². The molecule has 0 fully saturated rings. The SMILES string of the molecule is Fc1cccc2nc(C(F)(F)F)c(Br)n12. The summed E-state index contributed by atoms with van der Waals surface area (Å²) in [5, 5.41) is 0. The number of fused-ring (bicyclic) bond motifs is 1. The van der Waals surface area contributed by atoms with Crippen molar-refractivity contribution >= 4 is 21.6 Å². The van der Waals surface area contributed by atoms with Crippen LogP contribution in [0.25, 0.3) is 5.65 Å². The highest BCUT2D eigenvalue weighted by Gasteiger charge is 2.37. The van der Waals surface area contributed by atoms with E-state index in [0.717, 1.165) is 10.5 Å². The van der Waals surface area contributed by atoms with Crippen LogP contribution in [0.5, 0.6) is 0 Å². The van der Waals surface area contributed by atoms with E-state index in [4.69, 9.17) is 0 Å². The summed E-state index contributed by atoms with van der Waals surface area (Å²) in [5.74, 6) is -0.803. The largest absolute Gasteiger partial charge is 0.436 e. The van der Waals surface area contributed by atoms with Crippen LogP contribution in [0, 0.1) is 5.95 Å². The van der Waals surface area contributed by atoms with Gasteiger partial charge in [0.25, 0.3) is 0 Å². The maximum Gasteiger partial charge on any atom is 0.436 e. The third kappa shape index (κ3) is 1.60. The molecular formula is C8H3BrF4N2. The number of nitrogens with zero attached hydrogens (tertiary/aromatic N) is 2. The maximum absolute atomic E-state index is 13.2. The van der Waals surface area contributed by atoms with Gasteiger partial charge in [0.05, 0.1) is 0 Å². The van der Waals surface area contributed by atoms with Gasteiger partial charge in [-0.15, -0.1) is 0 Å². The van der Waals surface area contributed by atoms with Crippen molar-refractivity contribution in [2.45, 2.75) is 6.18 Å². The van der Waals surface area contributed by atoms with Crippen LogP contribution in [0.3, 0.4) is 0 Å². The predicted octanol–water partition coefficient (Wildman–Crippen LogP) is 3.25. The number of halogens is 5. The van der Waals surface area contributed by atoms with Gasteiger partial charge in [0.15, 0.2) is 11.6 Å². The Labute approximate surface area is 89.7 Å². The fraction of sp³-hybridized carbons (Fsp3) is 0.125. The van der Waals surface area contributed by atoms with Crippen molar-refractivity contribution in [1.29, 1.82) is 0 Å². The van der Waals surface area contributed by atoms with Gasteiger partial charge in [-0.1, -0.05) is 6.07 Å². The van der Waals surface area contributed by atoms with E-state index in [1.54, 1.807) is 0 Å². The van der Waals surface area contributed by atoms with E-state index in [9.17, 15) is 17.6 Å². The van der Waals surface area contributed by atoms with Gasteiger partial charge in [-0.25, -0.2) is 4.98 Å². The minimum Gasteiger partial charge on any atom is -0.262 e. The summed E-state index contributed by atoms with van der Waals surface area (Å²) in [4.78, 5) is 3.30. The van der Waals surface area contributed by atoms with Crippen LogP contribution < -0.4 is 0 Å². The zero-order chi connectivity index (χ0) is 11.2. The molecule has 0 amide bonds. The van der Waals surface area contributed by atoms with E-state index in [1.165, 1.54) is 12.1 Å². The smallest absolute Gasteiger partial charge is 0.262 e. The van der Waals surface area contributed by atoms with Gasteiger partial charge in [0, 0.05) is 0 Å². The molecule has 0 saturated heterocycles. The summed E-state index contributed by atoms with van der Waals surface area (Å²) in [6, 6.07) is 3.65. The van der Waals surface area contributed by atoms with E-state index < -0.39 is 22.4 Å². The highest BCUT2D eigenvalue weighted by molar-refractivity contribution is 9.10. The van der Waals surface area contributed by atoms with Gasteiger partial charge in [-0.2, -0.15) is 17.6 Å². The van der Waals surface area contributed by atoms with E-state index >= 15 is 0 Å². The number of hydrogen-bond acceptors (Lipinski definition) is 1. The molecule has 0 saturated carbocycles. The standard InChI is InChI=1S/C8H3BrF4N2/c9-7-6(8(11,12)13)14-5-3-1-2-4(10)15(5)7/h1-3H. The van der Waals surface area contributed by atoms with Gasteiger partial charge in [0.1, 0.15) is 10.3 Å². The summed E-state index contributed by atoms with van der Waals surface area (Å²) < 4.78 is 50.7. The summed E-state index contributed by atoms with van der Waals surface area (Å²) in [5.41, 5.74) is -1.22. The normalized spacial score (nSPS) is 12.3. The molecule has 7 heteroatoms. The van der Waals surface area contributed by atoms with Crippen molar-refractivity contribution in [2.75, 3.05) is 0 Å². The first kappa shape index (κ1) is 10.4. The molecule has 15 heavy (non-hydrogen) atoms. The molecule has 0 spiro atoms. The number of aromatic nitrogens is 2. The Morgan fingerprint density at radius 2 is 1.93 bits per heavy atom. The van der Waals surface area contributed by atoms with Crippen molar-refractivity contribution in [3.05, 3.63) is 34.4 Å². The summed E-state index contributed by atoms with van der Waals surface area (Å²) in [7, 11) is 0. The number of rotatable bonds is 0. The lowest BCUT2D eigenvalue weighted by molar-refractivity contribution is -0.141. The van der Waals surface area contributed by atoms with E-state index in [1.807, 2.05) is 0 Å². The molecular weight excluding hydrogens is 280 g/mol. The zero-order valence-corrected chi connectivity index (χ0v) is 8.60. The molecule has 2 rings (SSSR count). The highest BCUT2D eigenvalue weighted by Crippen LogP contribution is 2.34. The molecule has 0 radical (unpaired) electrons. The minimum atomic E-state index is -4.60. The van der Waals surface area contributed by atoms with Gasteiger partial charge in [0.2, 0.25) is 0 Å². The first-order valence-electron chi connectivity index (χ1n) is 3.81. The van der Waals surface area contributed by atoms with Crippen molar-refractivity contribution in [3.8, 4) is 0 Å². The molecule has 0 aromatic carbocycles. The molecule has 2 nitrogen and oxygen atoms in total. The van der Waals surface area contributed by atoms with Crippen LogP contribution in [-0.4, -0.2) is 9.38 Å². The second-order valence-corrected chi connectivity index (χ2v) is 3.54. The quantitative estimate of drug-likeness (QED) is 0.536. The summed E-state index contributed by atoms with van der Waals surface area (Å²) in [6.45, 7) is 0. The van der Waals surface area contributed by atoms with Crippen LogP contribution in [0.1, 0.15) is 5.69 Å². The number of imidazole rings is 1. The molecule has 2 aromatic heterocycles. The van der Waals surface area contributed by atoms with E-state index in [-0.39, 0.29) is 5.65 Å². The van der Waals surface area contributed by atoms with Gasteiger partial charge in [-0.3, -0.25) is 4.40 Å². The number of hydrogen-bond donors (Lipinski definition) is 0. The first-order chi connectivity index (χ1) is 6.91. The second-order valence-electron chi connectivity index (χ2n) is 2.79. The molecule has 2 heterocycles. The lowest BCUT2D eigenvalue weighted by atomic mass is 10.5. The van der Waals surface area contributed by atoms with E-state index in [2.05, 4.69) is 20.9 Å². The molecule has 0 aliphatic carbocycles. The minimum absolute atomic E-state index is 0.0887. The Morgan fingerprint density at radius 1 is 1.27 bits per heavy atom. The van der Waals surface area contributed by atoms with Gasteiger partial charge < -0.3 is 0 Å². The van der Waals surface area contributed by atoms with Crippen molar-refractivity contribution in [3.63, 3.8) is 0 Å². The van der Waals surface area contributed by atoms with Crippen LogP contribution >= 0.6 is 15.9 Å². The number of alkyl halides is 3. The number of pyridine rings is 1. The Bertz CT molecular complexity index is 517. The molecule has 0 atom stereocenters. The topological polar surface area (TPSA) is 17.3 Å². The van der Waals surface area contributed by atoms with Crippen LogP contribution in [-0.2, 0) is 6.18 Å². The molecule has 0 bridgehead atoms. The Morgan fingerprint density at radius 3 is 2.47 bits per heavy atom. The predicted molar refractivity (Wildman–Crippen MR) is 47.9 cm³/mol. The third-order valence-electron chi connectivity index (χ3n) is 1.81. The molecule has 0 aliphatic heterocycles. The average molecular weight is 283 g/mol. The van der Waals surface area contributed by atoms with E-state index in [0.29, 0.717) is 0 Å². The lowest BCUT2D eigenvalue weighted by Gasteiger charge is -2.01. The average Bonchev–Trinajstić information content (AvgIpc) is 2.44. The Balaban J connectivity index is 2.82. The molecule has 80 valence electrons. The summed E-state index contributed by atoms with van der Waals surface area (Å²) in [6.07, 6.45) is -4.60. The molecule has 2 aromatic rings. The van der Waals surface area contributed by atoms with Crippen LogP contribution in [0.15, 0.2) is 22.8 Å². The van der Waals surface area contributed by atoms with Crippen LogP contribution in [0.2, 0.25) is 0 Å². The van der Waals surface area contributed by atoms with Crippen molar-refractivity contribution < 1.29 is 17.6 Å². The van der Waals surface area contributed by atoms with Crippen molar-refractivity contribution in [2.24, 2.45) is 0 Å².